The highest BCUT2D eigenvalue weighted by molar-refractivity contribution is 6.01. The number of hydrogen-bond acceptors (Lipinski definition) is 12. The molecule has 1 spiro atoms. The Labute approximate surface area is 355 Å². The number of hydrogen-bond donors (Lipinski definition) is 5. The zero-order valence-electron chi connectivity index (χ0n) is 35.7. The number of halogens is 1. The number of allylic oxidation sites excluding steroid dienone is 4. The number of benzene rings is 1. The number of aliphatic hydroxyl groups excluding tert-OH is 2. The van der Waals surface area contributed by atoms with E-state index in [4.69, 9.17) is 24.7 Å². The monoisotopic (exact) mass is 849 g/mol. The largest absolute Gasteiger partial charge is 0.490 e. The number of esters is 1. The van der Waals surface area contributed by atoms with Gasteiger partial charge in [-0.15, -0.1) is 0 Å². The molecule has 10 atom stereocenters. The van der Waals surface area contributed by atoms with Crippen LogP contribution in [0.15, 0.2) is 42.0 Å². The van der Waals surface area contributed by atoms with Crippen LogP contribution in [0.3, 0.4) is 0 Å². The molecule has 8 rings (SSSR count). The number of aliphatic hydroxyl groups is 2. The Morgan fingerprint density at radius 1 is 1.10 bits per heavy atom. The third-order valence-electron chi connectivity index (χ3n) is 15.2. The fourth-order valence-electron chi connectivity index (χ4n) is 12.7. The van der Waals surface area contributed by atoms with E-state index in [1.165, 1.54) is 12.1 Å². The van der Waals surface area contributed by atoms with Gasteiger partial charge < -0.3 is 45.5 Å². The lowest BCUT2D eigenvalue weighted by Crippen LogP contribution is -2.63. The summed E-state index contributed by atoms with van der Waals surface area (Å²) in [6, 6.07) is 3.44. The van der Waals surface area contributed by atoms with Crippen molar-refractivity contribution in [3.63, 3.8) is 0 Å². The molecule has 1 aromatic rings. The van der Waals surface area contributed by atoms with Gasteiger partial charge in [0.25, 0.3) is 0 Å². The number of amides is 2. The van der Waals surface area contributed by atoms with Gasteiger partial charge in [-0.1, -0.05) is 25.5 Å². The predicted molar refractivity (Wildman–Crippen MR) is 217 cm³/mol. The Balaban J connectivity index is 0.871. The third-order valence-corrected chi connectivity index (χ3v) is 15.2. The molecule has 61 heavy (non-hydrogen) atoms. The first-order chi connectivity index (χ1) is 28.7. The van der Waals surface area contributed by atoms with Gasteiger partial charge in [-0.05, 0) is 120 Å². The summed E-state index contributed by atoms with van der Waals surface area (Å²) in [4.78, 5) is 63.6. The van der Waals surface area contributed by atoms with Crippen molar-refractivity contribution in [2.75, 3.05) is 13.2 Å². The normalized spacial score (nSPS) is 38.7. The Morgan fingerprint density at radius 2 is 1.84 bits per heavy atom. The van der Waals surface area contributed by atoms with Crippen molar-refractivity contribution in [3.05, 3.63) is 53.4 Å². The van der Waals surface area contributed by atoms with Crippen LogP contribution in [0.5, 0.6) is 5.75 Å². The van der Waals surface area contributed by atoms with Gasteiger partial charge in [0.05, 0.1) is 24.9 Å². The van der Waals surface area contributed by atoms with Crippen molar-refractivity contribution in [1.82, 2.24) is 10.6 Å². The highest BCUT2D eigenvalue weighted by Crippen LogP contribution is 2.70. The SMILES string of the molecule is CC(C)(C)OC(=O)CC[C@H](NC(=O)CN)C(=O)NC1CC2(C1)CC(Oc1ccc([C@@H]3O[C@@H]4C[C@H]5[C@@H]6CCC7=CC(=O)C=C[C@]7(C)[C@H]6[C@@H](O)C[C@]5(C)[C@]4(C(=O)CO)O3)c(F)c1)C2. The Morgan fingerprint density at radius 3 is 2.51 bits per heavy atom. The number of Topliss-reactive ketones (excluding diaryl/α,β-unsaturated/α-hetero) is 1. The van der Waals surface area contributed by atoms with Crippen molar-refractivity contribution in [3.8, 4) is 5.75 Å². The second-order valence-corrected chi connectivity index (χ2v) is 20.2. The summed E-state index contributed by atoms with van der Waals surface area (Å²) in [5.41, 5.74) is 2.88. The number of fused-ring (bicyclic) bond motifs is 7. The molecular formula is C46H60FN3O11. The maximum Gasteiger partial charge on any atom is 0.306 e. The van der Waals surface area contributed by atoms with Gasteiger partial charge in [0.15, 0.2) is 23.5 Å². The predicted octanol–water partition coefficient (Wildman–Crippen LogP) is 3.80. The van der Waals surface area contributed by atoms with Gasteiger partial charge >= 0.3 is 5.97 Å². The molecule has 0 bridgehead atoms. The molecule has 0 aromatic heterocycles. The van der Waals surface area contributed by atoms with E-state index in [1.54, 1.807) is 39.0 Å². The molecule has 1 heterocycles. The average molecular weight is 850 g/mol. The van der Waals surface area contributed by atoms with Crippen LogP contribution in [0.2, 0.25) is 0 Å². The molecule has 2 amide bonds. The standard InChI is InChI=1S/C46H60FN3O11/c1-42(2,3)60-38(56)11-10-33(50-37(55)22-48)40(57)49-25-17-45(18-25)19-28(20-45)58-27-7-9-30(32(47)15-27)41-59-36-16-31-29-8-6-24-14-26(52)12-13-43(24,4)39(29)34(53)21-44(31,5)46(36,61-41)35(54)23-51/h7,9,12-15,25,28-29,31,33-34,36,39,41,51,53H,6,8,10-11,16-23,48H2,1-5H3,(H,49,57)(H,50,55)/t25?,28?,29-,31-,33-,34-,36+,39+,41+,43-,44-,45?,46+/m0/s1. The molecule has 6 aliphatic carbocycles. The molecule has 15 heteroatoms. The van der Waals surface area contributed by atoms with Gasteiger partial charge in [-0.25, -0.2) is 4.39 Å². The van der Waals surface area contributed by atoms with Crippen LogP contribution in [0.4, 0.5) is 4.39 Å². The van der Waals surface area contributed by atoms with Crippen LogP contribution < -0.4 is 21.1 Å². The molecule has 5 saturated carbocycles. The molecule has 14 nitrogen and oxygen atoms in total. The average Bonchev–Trinajstić information content (AvgIpc) is 3.66. The summed E-state index contributed by atoms with van der Waals surface area (Å²) in [5, 5.41) is 27.8. The minimum atomic E-state index is -1.60. The Hall–Kier alpha value is -4.02. The van der Waals surface area contributed by atoms with Gasteiger partial charge in [0.1, 0.15) is 29.8 Å². The second kappa shape index (κ2) is 15.7. The number of nitrogens with one attached hydrogen (secondary N) is 2. The lowest BCUT2D eigenvalue weighted by atomic mass is 9.46. The van der Waals surface area contributed by atoms with Gasteiger partial charge in [0.2, 0.25) is 11.8 Å². The van der Waals surface area contributed by atoms with E-state index in [0.29, 0.717) is 18.6 Å². The first-order valence-corrected chi connectivity index (χ1v) is 21.8. The van der Waals surface area contributed by atoms with Crippen molar-refractivity contribution in [1.29, 1.82) is 0 Å². The Bertz CT molecular complexity index is 2030. The fraction of sp³-hybridized carbons (Fsp3) is 0.674. The van der Waals surface area contributed by atoms with E-state index in [2.05, 4.69) is 17.6 Å². The number of nitrogens with two attached hydrogens (primary N) is 1. The fourth-order valence-corrected chi connectivity index (χ4v) is 12.7. The summed E-state index contributed by atoms with van der Waals surface area (Å²) in [6.45, 7) is 8.20. The molecular weight excluding hydrogens is 790 g/mol. The minimum absolute atomic E-state index is 0.00192. The van der Waals surface area contributed by atoms with Gasteiger partial charge in [0, 0.05) is 40.8 Å². The summed E-state index contributed by atoms with van der Waals surface area (Å²) < 4.78 is 40.6. The third kappa shape index (κ3) is 7.55. The van der Waals surface area contributed by atoms with Crippen molar-refractivity contribution in [2.45, 2.75) is 147 Å². The maximum atomic E-state index is 16.0. The molecule has 1 saturated heterocycles. The van der Waals surface area contributed by atoms with Crippen LogP contribution in [0.1, 0.15) is 111 Å². The van der Waals surface area contributed by atoms with Gasteiger partial charge in [-0.3, -0.25) is 24.0 Å². The Kier molecular flexibility index (Phi) is 11.2. The molecule has 7 aliphatic rings. The number of ketones is 2. The van der Waals surface area contributed by atoms with Crippen LogP contribution in [0.25, 0.3) is 0 Å². The van der Waals surface area contributed by atoms with E-state index in [1.807, 2.05) is 13.0 Å². The molecule has 0 radical (unpaired) electrons. The summed E-state index contributed by atoms with van der Waals surface area (Å²) >= 11 is 0. The first-order valence-electron chi connectivity index (χ1n) is 21.8. The first kappa shape index (κ1) is 43.6. The molecule has 1 aliphatic heterocycles. The van der Waals surface area contributed by atoms with E-state index in [0.717, 1.165) is 37.7 Å². The summed E-state index contributed by atoms with van der Waals surface area (Å²) in [5.74, 6) is -2.50. The quantitative estimate of drug-likeness (QED) is 0.190. The van der Waals surface area contributed by atoms with E-state index in [-0.39, 0.29) is 78.4 Å². The number of carbonyl (C=O) groups is 5. The molecule has 1 aromatic carbocycles. The van der Waals surface area contributed by atoms with E-state index in [9.17, 15) is 34.2 Å². The number of rotatable bonds is 12. The smallest absolute Gasteiger partial charge is 0.306 e. The van der Waals surface area contributed by atoms with Crippen molar-refractivity contribution < 1.29 is 57.5 Å². The van der Waals surface area contributed by atoms with Crippen LogP contribution in [0, 0.1) is 39.8 Å². The summed E-state index contributed by atoms with van der Waals surface area (Å²) in [7, 11) is 0. The van der Waals surface area contributed by atoms with Crippen LogP contribution in [-0.4, -0.2) is 94.3 Å². The number of ether oxygens (including phenoxy) is 4. The second-order valence-electron chi connectivity index (χ2n) is 20.2. The lowest BCUT2D eigenvalue weighted by molar-refractivity contribution is -0.201. The van der Waals surface area contributed by atoms with Crippen LogP contribution in [-0.2, 0) is 38.2 Å². The molecule has 332 valence electrons. The highest BCUT2D eigenvalue weighted by Gasteiger charge is 2.76. The summed E-state index contributed by atoms with van der Waals surface area (Å²) in [6.07, 6.45) is 7.22. The lowest BCUT2D eigenvalue weighted by Gasteiger charge is -2.59. The molecule has 6 N–H and O–H groups in total. The number of carbonyl (C=O) groups excluding carboxylic acids is 5. The van der Waals surface area contributed by atoms with Crippen molar-refractivity contribution >= 4 is 29.4 Å². The highest BCUT2D eigenvalue weighted by atomic mass is 19.1. The van der Waals surface area contributed by atoms with E-state index >= 15 is 4.39 Å². The van der Waals surface area contributed by atoms with E-state index < -0.39 is 76.7 Å². The topological polar surface area (TPSA) is 213 Å². The van der Waals surface area contributed by atoms with Gasteiger partial charge in [-0.2, -0.15) is 0 Å². The zero-order valence-corrected chi connectivity index (χ0v) is 35.7. The zero-order chi connectivity index (χ0) is 43.9. The van der Waals surface area contributed by atoms with Crippen molar-refractivity contribution in [2.24, 2.45) is 39.7 Å². The molecule has 6 fully saturated rings. The molecule has 0 unspecified atom stereocenters. The minimum Gasteiger partial charge on any atom is -0.490 e. The van der Waals surface area contributed by atoms with Crippen LogP contribution >= 0.6 is 0 Å². The maximum absolute atomic E-state index is 16.0.